The van der Waals surface area contributed by atoms with Crippen molar-refractivity contribution in [3.05, 3.63) is 53.6 Å². The number of carbonyl (C=O) groups excluding carboxylic acids is 1. The summed E-state index contributed by atoms with van der Waals surface area (Å²) in [6, 6.07) is 13.7. The Kier molecular flexibility index (Phi) is 3.31. The number of piperidine rings is 1. The van der Waals surface area contributed by atoms with Crippen LogP contribution in [-0.2, 0) is 15.7 Å². The van der Waals surface area contributed by atoms with Crippen LogP contribution in [0.3, 0.4) is 0 Å². The first kappa shape index (κ1) is 18.7. The lowest BCUT2D eigenvalue weighted by Gasteiger charge is -2.53. The van der Waals surface area contributed by atoms with E-state index in [1.165, 1.54) is 17.5 Å². The topological polar surface area (TPSA) is 57.0 Å². The van der Waals surface area contributed by atoms with Crippen LogP contribution in [0.2, 0.25) is 0 Å². The summed E-state index contributed by atoms with van der Waals surface area (Å²) in [6.45, 7) is 0.811. The number of hydrogen-bond donors (Lipinski definition) is 0. The highest BCUT2D eigenvalue weighted by atomic mass is 16.6. The molecule has 3 aliphatic heterocycles. The van der Waals surface area contributed by atoms with Crippen molar-refractivity contribution in [2.75, 3.05) is 13.7 Å². The molecule has 3 heterocycles. The molecule has 2 bridgehead atoms. The Hall–Kier alpha value is -2.73. The molecule has 4 fully saturated rings. The van der Waals surface area contributed by atoms with Gasteiger partial charge in [0.25, 0.3) is 0 Å². The van der Waals surface area contributed by atoms with Crippen molar-refractivity contribution < 1.29 is 23.7 Å². The van der Waals surface area contributed by atoms with Gasteiger partial charge in [0.2, 0.25) is 0 Å². The first-order valence-electron chi connectivity index (χ1n) is 12.2. The molecule has 3 unspecified atom stereocenters. The number of para-hydroxylation sites is 1. The average molecular weight is 446 g/mol. The normalized spacial score (nSPS) is 40.3. The molecule has 6 aliphatic rings. The molecule has 2 saturated carbocycles. The van der Waals surface area contributed by atoms with Gasteiger partial charge in [-0.05, 0) is 68.2 Å². The van der Waals surface area contributed by atoms with Crippen LogP contribution in [0, 0.1) is 5.92 Å². The van der Waals surface area contributed by atoms with Gasteiger partial charge in [-0.2, -0.15) is 0 Å². The fourth-order valence-corrected chi connectivity index (χ4v) is 8.60. The predicted octanol–water partition coefficient (Wildman–Crippen LogP) is 4.54. The van der Waals surface area contributed by atoms with Crippen LogP contribution < -0.4 is 14.2 Å². The summed E-state index contributed by atoms with van der Waals surface area (Å²) in [5.41, 5.74) is 1.92. The molecule has 170 valence electrons. The largest absolute Gasteiger partial charge is 0.493 e. The molecule has 0 radical (unpaired) electrons. The molecular formula is C27H27NO5. The highest BCUT2D eigenvalue weighted by molar-refractivity contribution is 5.82. The highest BCUT2D eigenvalue weighted by Crippen LogP contribution is 2.82. The van der Waals surface area contributed by atoms with Crippen molar-refractivity contribution >= 4 is 6.09 Å². The first-order chi connectivity index (χ1) is 16.2. The Morgan fingerprint density at radius 1 is 1.12 bits per heavy atom. The number of amides is 1. The fourth-order valence-electron chi connectivity index (χ4n) is 8.60. The van der Waals surface area contributed by atoms with E-state index < -0.39 is 0 Å². The molecule has 6 atom stereocenters. The number of ether oxygens (including phenoxy) is 4. The minimum absolute atomic E-state index is 0.00623. The van der Waals surface area contributed by atoms with Gasteiger partial charge in [0, 0.05) is 17.6 Å². The van der Waals surface area contributed by atoms with E-state index in [-0.39, 0.29) is 34.8 Å². The molecule has 3 aliphatic carbocycles. The number of hydrogen-bond acceptors (Lipinski definition) is 5. The van der Waals surface area contributed by atoms with E-state index in [9.17, 15) is 4.79 Å². The molecule has 6 heteroatoms. The maximum Gasteiger partial charge on any atom is 0.416 e. The Morgan fingerprint density at radius 3 is 2.79 bits per heavy atom. The zero-order valence-corrected chi connectivity index (χ0v) is 18.7. The Morgan fingerprint density at radius 2 is 2.00 bits per heavy atom. The minimum atomic E-state index is -0.283. The van der Waals surface area contributed by atoms with E-state index in [2.05, 4.69) is 6.07 Å². The second kappa shape index (κ2) is 5.84. The van der Waals surface area contributed by atoms with Crippen molar-refractivity contribution in [2.45, 2.75) is 67.2 Å². The van der Waals surface area contributed by atoms with E-state index in [4.69, 9.17) is 18.9 Å². The minimum Gasteiger partial charge on any atom is -0.493 e. The lowest BCUT2D eigenvalue weighted by Crippen LogP contribution is -2.63. The third-order valence-electron chi connectivity index (χ3n) is 9.60. The summed E-state index contributed by atoms with van der Waals surface area (Å²) in [5, 5.41) is 0. The molecular weight excluding hydrogens is 418 g/mol. The maximum absolute atomic E-state index is 13.4. The summed E-state index contributed by atoms with van der Waals surface area (Å²) >= 11 is 0. The number of nitrogens with zero attached hydrogens (tertiary/aromatic N) is 1. The van der Waals surface area contributed by atoms with Gasteiger partial charge in [0.15, 0.2) is 11.5 Å². The Bertz CT molecular complexity index is 1190. The third-order valence-corrected chi connectivity index (χ3v) is 9.60. The van der Waals surface area contributed by atoms with E-state index in [1.54, 1.807) is 7.11 Å². The number of carbonyl (C=O) groups is 1. The van der Waals surface area contributed by atoms with E-state index >= 15 is 0 Å². The zero-order valence-electron chi connectivity index (χ0n) is 18.7. The third kappa shape index (κ3) is 1.93. The summed E-state index contributed by atoms with van der Waals surface area (Å²) in [6.07, 6.45) is 6.06. The van der Waals surface area contributed by atoms with E-state index in [1.807, 2.05) is 41.3 Å². The van der Waals surface area contributed by atoms with Crippen LogP contribution in [0.15, 0.2) is 42.5 Å². The van der Waals surface area contributed by atoms with Crippen LogP contribution in [0.4, 0.5) is 4.79 Å². The number of rotatable bonds is 2. The van der Waals surface area contributed by atoms with E-state index in [0.29, 0.717) is 11.7 Å². The van der Waals surface area contributed by atoms with Crippen molar-refractivity contribution in [1.82, 2.24) is 4.90 Å². The fraction of sp³-hybridized carbons (Fsp3) is 0.519. The summed E-state index contributed by atoms with van der Waals surface area (Å²) in [4.78, 5) is 15.4. The lowest BCUT2D eigenvalue weighted by atomic mass is 9.57. The monoisotopic (exact) mass is 445 g/mol. The highest BCUT2D eigenvalue weighted by Gasteiger charge is 2.89. The molecule has 2 aromatic rings. The van der Waals surface area contributed by atoms with Gasteiger partial charge < -0.3 is 18.9 Å². The van der Waals surface area contributed by atoms with Gasteiger partial charge in [-0.25, -0.2) is 4.79 Å². The van der Waals surface area contributed by atoms with E-state index in [0.717, 1.165) is 50.2 Å². The maximum atomic E-state index is 13.4. The van der Waals surface area contributed by atoms with Crippen LogP contribution in [0.1, 0.15) is 49.7 Å². The lowest BCUT2D eigenvalue weighted by molar-refractivity contribution is -0.183. The van der Waals surface area contributed by atoms with Gasteiger partial charge in [-0.1, -0.05) is 24.3 Å². The second-order valence-electron chi connectivity index (χ2n) is 10.7. The molecule has 2 aromatic carbocycles. The van der Waals surface area contributed by atoms with Gasteiger partial charge in [0.1, 0.15) is 17.5 Å². The number of benzene rings is 2. The van der Waals surface area contributed by atoms with Crippen LogP contribution in [0.25, 0.3) is 0 Å². The number of likely N-dealkylation sites (tertiary alicyclic amines) is 1. The Balaban J connectivity index is 1.25. The number of fused-ring (bicyclic) bond motifs is 2. The quantitative estimate of drug-likeness (QED) is 0.636. The van der Waals surface area contributed by atoms with Gasteiger partial charge >= 0.3 is 6.09 Å². The molecule has 6 nitrogen and oxygen atoms in total. The average Bonchev–Trinajstić information content (AvgIpc) is 3.07. The molecule has 2 saturated heterocycles. The summed E-state index contributed by atoms with van der Waals surface area (Å²) < 4.78 is 25.0. The van der Waals surface area contributed by atoms with Gasteiger partial charge in [-0.15, -0.1) is 0 Å². The Labute approximate surface area is 192 Å². The second-order valence-corrected chi connectivity index (χ2v) is 10.7. The van der Waals surface area contributed by atoms with Crippen LogP contribution in [0.5, 0.6) is 17.2 Å². The van der Waals surface area contributed by atoms with Crippen LogP contribution >= 0.6 is 0 Å². The van der Waals surface area contributed by atoms with Gasteiger partial charge in [-0.3, -0.25) is 4.90 Å². The van der Waals surface area contributed by atoms with Crippen molar-refractivity contribution in [1.29, 1.82) is 0 Å². The van der Waals surface area contributed by atoms with Crippen LogP contribution in [-0.4, -0.2) is 42.5 Å². The number of methoxy groups -OCH3 is 1. The van der Waals surface area contributed by atoms with Crippen molar-refractivity contribution in [2.24, 2.45) is 5.92 Å². The van der Waals surface area contributed by atoms with Crippen molar-refractivity contribution in [3.63, 3.8) is 0 Å². The molecule has 1 amide bonds. The molecule has 8 rings (SSSR count). The predicted molar refractivity (Wildman–Crippen MR) is 119 cm³/mol. The SMILES string of the molecule is COc1ccc2c3c1O[C@@H]1C4(CCCCO4)CC[C@@H]4C5N(C(=O)Oc6ccccc6)C25C[C@]341. The molecule has 0 aromatic heterocycles. The van der Waals surface area contributed by atoms with Crippen molar-refractivity contribution in [3.8, 4) is 17.2 Å². The molecule has 33 heavy (non-hydrogen) atoms. The zero-order chi connectivity index (χ0) is 22.0. The summed E-state index contributed by atoms with van der Waals surface area (Å²) in [7, 11) is 1.71. The molecule has 3 spiro atoms. The molecule has 0 N–H and O–H groups in total. The summed E-state index contributed by atoms with van der Waals surface area (Å²) in [5.74, 6) is 2.64. The van der Waals surface area contributed by atoms with Gasteiger partial charge in [0.05, 0.1) is 18.7 Å². The first-order valence-corrected chi connectivity index (χ1v) is 12.2. The smallest absolute Gasteiger partial charge is 0.416 e. The standard InChI is InChI=1S/C27H27NO5/c1-30-19-10-9-17-20-21(19)33-23-25(12-5-6-14-31-25)13-11-18-22-27(17,15-26(18,20)23)28(22)24(29)32-16-7-3-2-4-8-16/h2-4,7-10,18,22-23H,5-6,11-15H2,1H3/t18-,22?,23-,25?,26-,27?,28?/m1/s1.